The summed E-state index contributed by atoms with van der Waals surface area (Å²) in [5.41, 5.74) is -0.401. The lowest BCUT2D eigenvalue weighted by Crippen LogP contribution is -2.23. The van der Waals surface area contributed by atoms with Crippen molar-refractivity contribution in [3.63, 3.8) is 0 Å². The second-order valence-corrected chi connectivity index (χ2v) is 3.34. The fourth-order valence-corrected chi connectivity index (χ4v) is 0.399. The minimum Gasteiger partial charge on any atom is -0.461 e. The van der Waals surface area contributed by atoms with E-state index >= 15 is 0 Å². The number of esters is 1. The van der Waals surface area contributed by atoms with Crippen molar-refractivity contribution in [2.75, 3.05) is 6.61 Å². The maximum atomic E-state index is 10.9. The summed E-state index contributed by atoms with van der Waals surface area (Å²) in [5, 5.41) is 0. The molecule has 0 atom stereocenters. The first kappa shape index (κ1) is 10.9. The molecule has 3 nitrogen and oxygen atoms in total. The van der Waals surface area contributed by atoms with Crippen LogP contribution in [-0.2, 0) is 14.3 Å². The van der Waals surface area contributed by atoms with Gasteiger partial charge in [-0.25, -0.2) is 4.79 Å². The summed E-state index contributed by atoms with van der Waals surface area (Å²) in [5.74, 6) is -0.474. The molecule has 67 valence electrons. The van der Waals surface area contributed by atoms with Crippen LogP contribution in [0.15, 0.2) is 12.2 Å². The first-order valence-electron chi connectivity index (χ1n) is 3.61. The van der Waals surface area contributed by atoms with Gasteiger partial charge in [0, 0.05) is 5.57 Å². The van der Waals surface area contributed by atoms with Gasteiger partial charge in [0.05, 0.1) is 5.41 Å². The maximum absolute atomic E-state index is 10.9. The average molecular weight is 169 g/mol. The Morgan fingerprint density at radius 1 is 1.58 bits per heavy atom. The van der Waals surface area contributed by atoms with Crippen LogP contribution in [0.25, 0.3) is 0 Å². The highest BCUT2D eigenvalue weighted by atomic mass is 16.5. The van der Waals surface area contributed by atoms with Crippen molar-refractivity contribution in [1.29, 1.82) is 0 Å². The molecule has 0 aliphatic heterocycles. The number of carbonyl (C=O) groups excluding carboxylic acids is 2. The van der Waals surface area contributed by atoms with Crippen LogP contribution in [0, 0.1) is 5.41 Å². The summed E-state index contributed by atoms with van der Waals surface area (Å²) in [4.78, 5) is 21.1. The molecular weight excluding hydrogens is 156 g/mol. The van der Waals surface area contributed by atoms with Crippen molar-refractivity contribution >= 4 is 12.3 Å². The molecule has 3 heteroatoms. The lowest BCUT2D eigenvalue weighted by molar-refractivity contribution is -0.140. The highest BCUT2D eigenvalue weighted by Gasteiger charge is 2.20. The van der Waals surface area contributed by atoms with Crippen LogP contribution in [-0.4, -0.2) is 18.9 Å². The molecule has 0 unspecified atom stereocenters. The van der Waals surface area contributed by atoms with Gasteiger partial charge in [0.25, 0.3) is 0 Å². The number of rotatable bonds is 4. The van der Waals surface area contributed by atoms with Crippen molar-refractivity contribution in [2.24, 2.45) is 5.41 Å². The van der Waals surface area contributed by atoms with Gasteiger partial charge in [-0.2, -0.15) is 0 Å². The molecule has 0 rings (SSSR count). The van der Waals surface area contributed by atoms with Gasteiger partial charge in [0.2, 0.25) is 6.29 Å². The largest absolute Gasteiger partial charge is 0.461 e. The molecular formula is C9H13O3. The molecule has 0 heterocycles. The molecule has 0 saturated heterocycles. The molecule has 0 bridgehead atoms. The quantitative estimate of drug-likeness (QED) is 0.469. The molecule has 0 aromatic rings. The van der Waals surface area contributed by atoms with Crippen LogP contribution >= 0.6 is 0 Å². The topological polar surface area (TPSA) is 43.4 Å². The molecule has 0 saturated carbocycles. The molecule has 12 heavy (non-hydrogen) atoms. The van der Waals surface area contributed by atoms with E-state index in [1.807, 2.05) is 0 Å². The van der Waals surface area contributed by atoms with Crippen LogP contribution in [0.5, 0.6) is 0 Å². The standard InChI is InChI=1S/C9H13O3/c1-7(2)8(11)12-6-9(3,4)5-10/h1,6H2,2-4H3. The first-order valence-corrected chi connectivity index (χ1v) is 3.61. The fraction of sp³-hybridized carbons (Fsp3) is 0.556. The predicted octanol–water partition coefficient (Wildman–Crippen LogP) is 1.24. The monoisotopic (exact) mass is 169 g/mol. The first-order chi connectivity index (χ1) is 5.39. The van der Waals surface area contributed by atoms with E-state index in [0.29, 0.717) is 5.57 Å². The molecule has 0 fully saturated rings. The summed E-state index contributed by atoms with van der Waals surface area (Å²) in [6, 6.07) is 0. The third kappa shape index (κ3) is 3.91. The van der Waals surface area contributed by atoms with Crippen LogP contribution in [0.3, 0.4) is 0 Å². The highest BCUT2D eigenvalue weighted by molar-refractivity contribution is 5.87. The average Bonchev–Trinajstić information content (AvgIpc) is 2.00. The Bertz CT molecular complexity index is 204. The Kier molecular flexibility index (Phi) is 3.67. The fourth-order valence-electron chi connectivity index (χ4n) is 0.399. The van der Waals surface area contributed by atoms with Gasteiger partial charge in [0.1, 0.15) is 6.61 Å². The lowest BCUT2D eigenvalue weighted by Gasteiger charge is -2.15. The van der Waals surface area contributed by atoms with Crippen molar-refractivity contribution in [1.82, 2.24) is 0 Å². The van der Waals surface area contributed by atoms with E-state index in [0.717, 1.165) is 0 Å². The van der Waals surface area contributed by atoms with Gasteiger partial charge in [-0.3, -0.25) is 4.79 Å². The second kappa shape index (κ2) is 4.04. The molecule has 0 aromatic heterocycles. The van der Waals surface area contributed by atoms with E-state index in [2.05, 4.69) is 6.58 Å². The second-order valence-electron chi connectivity index (χ2n) is 3.34. The van der Waals surface area contributed by atoms with Crippen molar-refractivity contribution in [3.8, 4) is 0 Å². The minimum absolute atomic E-state index is 0.0438. The van der Waals surface area contributed by atoms with Gasteiger partial charge < -0.3 is 4.74 Å². The van der Waals surface area contributed by atoms with Crippen molar-refractivity contribution < 1.29 is 14.3 Å². The summed E-state index contributed by atoms with van der Waals surface area (Å²) in [7, 11) is 0. The van der Waals surface area contributed by atoms with E-state index in [4.69, 9.17) is 4.74 Å². The molecule has 0 N–H and O–H groups in total. The summed E-state index contributed by atoms with van der Waals surface area (Å²) >= 11 is 0. The highest BCUT2D eigenvalue weighted by Crippen LogP contribution is 2.11. The SMILES string of the molecule is C=C(C)C(=O)OCC(C)(C)[C]=O. The normalized spacial score (nSPS) is 10.6. The Morgan fingerprint density at radius 3 is 2.42 bits per heavy atom. The number of ether oxygens (including phenoxy) is 1. The van der Waals surface area contributed by atoms with Gasteiger partial charge in [0.15, 0.2) is 0 Å². The number of carbonyl (C=O) groups is 1. The van der Waals surface area contributed by atoms with E-state index in [9.17, 15) is 9.59 Å². The van der Waals surface area contributed by atoms with E-state index < -0.39 is 11.4 Å². The maximum Gasteiger partial charge on any atom is 0.333 e. The van der Waals surface area contributed by atoms with Gasteiger partial charge in [-0.05, 0) is 20.8 Å². The Morgan fingerprint density at radius 2 is 2.08 bits per heavy atom. The third-order valence-electron chi connectivity index (χ3n) is 1.19. The van der Waals surface area contributed by atoms with E-state index in [-0.39, 0.29) is 6.61 Å². The minimum atomic E-state index is -0.731. The zero-order valence-corrected chi connectivity index (χ0v) is 7.64. The number of hydrogen-bond acceptors (Lipinski definition) is 3. The summed E-state index contributed by atoms with van der Waals surface area (Å²) in [6.45, 7) is 8.30. The Balaban J connectivity index is 3.91. The van der Waals surface area contributed by atoms with Crippen LogP contribution in [0.1, 0.15) is 20.8 Å². The lowest BCUT2D eigenvalue weighted by atomic mass is 9.98. The van der Waals surface area contributed by atoms with Crippen LogP contribution < -0.4 is 0 Å². The summed E-state index contributed by atoms with van der Waals surface area (Å²) in [6.07, 6.45) is 1.78. The van der Waals surface area contributed by atoms with Gasteiger partial charge in [-0.15, -0.1) is 0 Å². The van der Waals surface area contributed by atoms with E-state index in [1.165, 1.54) is 0 Å². The predicted molar refractivity (Wildman–Crippen MR) is 45.2 cm³/mol. The van der Waals surface area contributed by atoms with Gasteiger partial charge in [-0.1, -0.05) is 6.58 Å². The Labute approximate surface area is 72.4 Å². The van der Waals surface area contributed by atoms with Gasteiger partial charge >= 0.3 is 5.97 Å². The van der Waals surface area contributed by atoms with E-state index in [1.54, 1.807) is 27.1 Å². The van der Waals surface area contributed by atoms with Crippen molar-refractivity contribution in [3.05, 3.63) is 12.2 Å². The molecule has 0 amide bonds. The molecule has 0 aromatic carbocycles. The smallest absolute Gasteiger partial charge is 0.333 e. The molecule has 1 radical (unpaired) electrons. The van der Waals surface area contributed by atoms with Crippen molar-refractivity contribution in [2.45, 2.75) is 20.8 Å². The number of hydrogen-bond donors (Lipinski definition) is 0. The zero-order chi connectivity index (χ0) is 9.78. The molecule has 0 spiro atoms. The Hall–Kier alpha value is -1.12. The van der Waals surface area contributed by atoms with Crippen LogP contribution in [0.4, 0.5) is 0 Å². The summed E-state index contributed by atoms with van der Waals surface area (Å²) < 4.78 is 4.76. The zero-order valence-electron chi connectivity index (χ0n) is 7.64. The molecule has 0 aliphatic carbocycles. The molecule has 0 aliphatic rings. The van der Waals surface area contributed by atoms with Crippen LogP contribution in [0.2, 0.25) is 0 Å². The third-order valence-corrected chi connectivity index (χ3v) is 1.19.